The second kappa shape index (κ2) is 9.61. The number of aryl methyl sites for hydroxylation is 1. The normalized spacial score (nSPS) is 9.65. The molecule has 0 aromatic heterocycles. The highest BCUT2D eigenvalue weighted by Gasteiger charge is 2.04. The minimum Gasteiger partial charge on any atom is -0.473 e. The molecular formula is C17H18ClNO4. The fraction of sp³-hybridized carbons (Fsp3) is 0.176. The molecule has 0 saturated carbocycles. The van der Waals surface area contributed by atoms with Crippen LogP contribution in [0.1, 0.15) is 16.7 Å². The molecule has 0 atom stereocenters. The van der Waals surface area contributed by atoms with Gasteiger partial charge in [0.15, 0.2) is 0 Å². The highest BCUT2D eigenvalue weighted by molar-refractivity contribution is 6.30. The van der Waals surface area contributed by atoms with Crippen LogP contribution in [0.3, 0.4) is 0 Å². The third-order valence-corrected chi connectivity index (χ3v) is 3.13. The standard InChI is InChI=1S/C15H16ClN.C2H2O4/c1-12-2-4-13(5-3-12)10-17-11-14-6-8-15(16)9-7-14;3-1(4)2(5)6/h2-9,17H,10-11H2,1H3;(H,3,4)(H,5,6). The Morgan fingerprint density at radius 3 is 1.65 bits per heavy atom. The summed E-state index contributed by atoms with van der Waals surface area (Å²) in [7, 11) is 0. The maximum Gasteiger partial charge on any atom is 0.414 e. The van der Waals surface area contributed by atoms with E-state index >= 15 is 0 Å². The number of hydrogen-bond acceptors (Lipinski definition) is 3. The third kappa shape index (κ3) is 7.99. The van der Waals surface area contributed by atoms with Crippen LogP contribution in [0.4, 0.5) is 0 Å². The molecule has 2 aromatic carbocycles. The first kappa shape index (κ1) is 18.7. The number of hydrogen-bond donors (Lipinski definition) is 3. The second-order valence-electron chi connectivity index (χ2n) is 4.83. The van der Waals surface area contributed by atoms with Crippen molar-refractivity contribution in [2.75, 3.05) is 0 Å². The lowest BCUT2D eigenvalue weighted by Crippen LogP contribution is -2.12. The number of nitrogens with one attached hydrogen (secondary N) is 1. The molecule has 0 saturated heterocycles. The molecule has 0 aliphatic heterocycles. The van der Waals surface area contributed by atoms with E-state index in [1.807, 2.05) is 24.3 Å². The number of carbonyl (C=O) groups is 2. The molecule has 2 aromatic rings. The summed E-state index contributed by atoms with van der Waals surface area (Å²) in [4.78, 5) is 18.2. The van der Waals surface area contributed by atoms with Crippen molar-refractivity contribution in [2.24, 2.45) is 0 Å². The van der Waals surface area contributed by atoms with Crippen molar-refractivity contribution < 1.29 is 19.8 Å². The molecule has 3 N–H and O–H groups in total. The van der Waals surface area contributed by atoms with Gasteiger partial charge in [-0.05, 0) is 30.2 Å². The van der Waals surface area contributed by atoms with Crippen LogP contribution in [0, 0.1) is 6.92 Å². The number of halogens is 1. The highest BCUT2D eigenvalue weighted by atomic mass is 35.5. The second-order valence-corrected chi connectivity index (χ2v) is 5.26. The van der Waals surface area contributed by atoms with E-state index in [2.05, 4.69) is 36.5 Å². The molecule has 0 bridgehead atoms. The maximum atomic E-state index is 9.10. The minimum atomic E-state index is -1.82. The Labute approximate surface area is 139 Å². The Kier molecular flexibility index (Phi) is 7.80. The Bertz CT molecular complexity index is 581. The van der Waals surface area contributed by atoms with Gasteiger partial charge in [0, 0.05) is 18.1 Å². The maximum absolute atomic E-state index is 9.10. The smallest absolute Gasteiger partial charge is 0.414 e. The first-order valence-corrected chi connectivity index (χ1v) is 7.23. The van der Waals surface area contributed by atoms with Gasteiger partial charge in [-0.2, -0.15) is 0 Å². The van der Waals surface area contributed by atoms with Gasteiger partial charge in [-0.3, -0.25) is 0 Å². The van der Waals surface area contributed by atoms with Gasteiger partial charge >= 0.3 is 11.9 Å². The molecule has 2 rings (SSSR count). The zero-order chi connectivity index (χ0) is 17.2. The summed E-state index contributed by atoms with van der Waals surface area (Å²) in [5.74, 6) is -3.65. The van der Waals surface area contributed by atoms with Crippen molar-refractivity contribution in [3.8, 4) is 0 Å². The van der Waals surface area contributed by atoms with Gasteiger partial charge in [-0.25, -0.2) is 9.59 Å². The van der Waals surface area contributed by atoms with Gasteiger partial charge in [0.1, 0.15) is 0 Å². The summed E-state index contributed by atoms with van der Waals surface area (Å²) in [5, 5.41) is 19.0. The summed E-state index contributed by atoms with van der Waals surface area (Å²) in [5.41, 5.74) is 3.86. The van der Waals surface area contributed by atoms with Crippen molar-refractivity contribution in [2.45, 2.75) is 20.0 Å². The molecule has 0 heterocycles. The van der Waals surface area contributed by atoms with Crippen LogP contribution in [0.5, 0.6) is 0 Å². The summed E-state index contributed by atoms with van der Waals surface area (Å²) in [6.45, 7) is 3.86. The van der Waals surface area contributed by atoms with E-state index in [0.29, 0.717) is 0 Å². The molecule has 0 aliphatic carbocycles. The SMILES string of the molecule is Cc1ccc(CNCc2ccc(Cl)cc2)cc1.O=C(O)C(=O)O. The minimum absolute atomic E-state index is 0.785. The molecular weight excluding hydrogens is 318 g/mol. The van der Waals surface area contributed by atoms with E-state index in [1.165, 1.54) is 16.7 Å². The van der Waals surface area contributed by atoms with Gasteiger partial charge in [-0.15, -0.1) is 0 Å². The number of carboxylic acids is 2. The molecule has 0 fully saturated rings. The van der Waals surface area contributed by atoms with Gasteiger partial charge in [0.05, 0.1) is 0 Å². The summed E-state index contributed by atoms with van der Waals surface area (Å²) < 4.78 is 0. The summed E-state index contributed by atoms with van der Waals surface area (Å²) in [6.07, 6.45) is 0. The summed E-state index contributed by atoms with van der Waals surface area (Å²) >= 11 is 5.84. The lowest BCUT2D eigenvalue weighted by atomic mass is 10.1. The van der Waals surface area contributed by atoms with E-state index in [0.717, 1.165) is 18.1 Å². The van der Waals surface area contributed by atoms with Crippen molar-refractivity contribution in [3.63, 3.8) is 0 Å². The lowest BCUT2D eigenvalue weighted by molar-refractivity contribution is -0.159. The summed E-state index contributed by atoms with van der Waals surface area (Å²) in [6, 6.07) is 16.5. The quantitative estimate of drug-likeness (QED) is 0.747. The predicted molar refractivity (Wildman–Crippen MR) is 88.4 cm³/mol. The number of aliphatic carboxylic acids is 2. The highest BCUT2D eigenvalue weighted by Crippen LogP contribution is 2.09. The van der Waals surface area contributed by atoms with Crippen LogP contribution >= 0.6 is 11.6 Å². The van der Waals surface area contributed by atoms with Crippen LogP contribution in [-0.2, 0) is 22.7 Å². The van der Waals surface area contributed by atoms with Gasteiger partial charge in [-0.1, -0.05) is 53.6 Å². The average molecular weight is 336 g/mol. The fourth-order valence-electron chi connectivity index (χ4n) is 1.66. The molecule has 0 amide bonds. The number of carboxylic acid groups (broad SMARTS) is 2. The van der Waals surface area contributed by atoms with Gasteiger partial charge in [0.25, 0.3) is 0 Å². The van der Waals surface area contributed by atoms with Crippen LogP contribution in [0.2, 0.25) is 5.02 Å². The molecule has 0 radical (unpaired) electrons. The van der Waals surface area contributed by atoms with Crippen LogP contribution in [-0.4, -0.2) is 22.2 Å². The molecule has 122 valence electrons. The van der Waals surface area contributed by atoms with Crippen LogP contribution in [0.25, 0.3) is 0 Å². The van der Waals surface area contributed by atoms with Crippen molar-refractivity contribution in [1.82, 2.24) is 5.32 Å². The van der Waals surface area contributed by atoms with E-state index in [1.54, 1.807) is 0 Å². The van der Waals surface area contributed by atoms with E-state index in [-0.39, 0.29) is 0 Å². The van der Waals surface area contributed by atoms with E-state index < -0.39 is 11.9 Å². The average Bonchev–Trinajstić information content (AvgIpc) is 2.52. The van der Waals surface area contributed by atoms with Gasteiger partial charge in [0.2, 0.25) is 0 Å². The largest absolute Gasteiger partial charge is 0.473 e. The van der Waals surface area contributed by atoms with Crippen LogP contribution < -0.4 is 5.32 Å². The zero-order valence-electron chi connectivity index (χ0n) is 12.6. The first-order valence-electron chi connectivity index (χ1n) is 6.85. The Morgan fingerprint density at radius 1 is 0.870 bits per heavy atom. The molecule has 0 aliphatic rings. The molecule has 5 nitrogen and oxygen atoms in total. The van der Waals surface area contributed by atoms with Crippen molar-refractivity contribution >= 4 is 23.5 Å². The molecule has 6 heteroatoms. The van der Waals surface area contributed by atoms with Crippen molar-refractivity contribution in [1.29, 1.82) is 0 Å². The Hall–Kier alpha value is -2.37. The first-order chi connectivity index (χ1) is 10.9. The third-order valence-electron chi connectivity index (χ3n) is 2.88. The van der Waals surface area contributed by atoms with Crippen molar-refractivity contribution in [3.05, 3.63) is 70.2 Å². The van der Waals surface area contributed by atoms with Crippen LogP contribution in [0.15, 0.2) is 48.5 Å². The van der Waals surface area contributed by atoms with Gasteiger partial charge < -0.3 is 15.5 Å². The Morgan fingerprint density at radius 2 is 1.26 bits per heavy atom. The monoisotopic (exact) mass is 335 g/mol. The molecule has 23 heavy (non-hydrogen) atoms. The number of rotatable bonds is 4. The molecule has 0 spiro atoms. The fourth-order valence-corrected chi connectivity index (χ4v) is 1.79. The Balaban J connectivity index is 0.000000379. The number of benzene rings is 2. The zero-order valence-corrected chi connectivity index (χ0v) is 13.4. The molecule has 0 unspecified atom stereocenters. The van der Waals surface area contributed by atoms with E-state index in [4.69, 9.17) is 31.4 Å². The van der Waals surface area contributed by atoms with E-state index in [9.17, 15) is 0 Å². The predicted octanol–water partition coefficient (Wildman–Crippen LogP) is 3.09. The topological polar surface area (TPSA) is 86.6 Å². The lowest BCUT2D eigenvalue weighted by Gasteiger charge is -2.05.